The Morgan fingerprint density at radius 1 is 1.73 bits per heavy atom. The monoisotopic (exact) mass is 154 g/mol. The number of allylic oxidation sites excluding steroid dienone is 1. The molecule has 1 aliphatic rings. The lowest BCUT2D eigenvalue weighted by atomic mass is 9.99. The number of hydrogen-bond acceptors (Lipinski definition) is 2. The van der Waals surface area contributed by atoms with Crippen molar-refractivity contribution in [1.82, 2.24) is 0 Å². The third kappa shape index (κ3) is 2.46. The molecule has 1 atom stereocenters. The number of carbonyl (C=O) groups excluding carboxylic acids is 1. The SMILES string of the molecule is C=C(C)CC(=O)C1CCOC1. The molecule has 0 aromatic carbocycles. The fraction of sp³-hybridized carbons (Fsp3) is 0.667. The zero-order valence-electron chi connectivity index (χ0n) is 6.93. The van der Waals surface area contributed by atoms with Crippen LogP contribution in [0.2, 0.25) is 0 Å². The Kier molecular flexibility index (Phi) is 2.83. The summed E-state index contributed by atoms with van der Waals surface area (Å²) in [6, 6.07) is 0. The molecule has 11 heavy (non-hydrogen) atoms. The first-order chi connectivity index (χ1) is 5.20. The molecule has 0 aliphatic carbocycles. The third-order valence-corrected chi connectivity index (χ3v) is 1.86. The Labute approximate surface area is 67.2 Å². The summed E-state index contributed by atoms with van der Waals surface area (Å²) in [5.74, 6) is 0.432. The number of carbonyl (C=O) groups is 1. The van der Waals surface area contributed by atoms with Crippen LogP contribution < -0.4 is 0 Å². The molecular weight excluding hydrogens is 140 g/mol. The lowest BCUT2D eigenvalue weighted by Crippen LogP contribution is -2.13. The highest BCUT2D eigenvalue weighted by molar-refractivity contribution is 5.83. The number of ether oxygens (including phenoxy) is 1. The molecule has 0 spiro atoms. The van der Waals surface area contributed by atoms with E-state index in [1.165, 1.54) is 0 Å². The number of Topliss-reactive ketones (excluding diaryl/α,β-unsaturated/α-hetero) is 1. The molecule has 1 aliphatic heterocycles. The van der Waals surface area contributed by atoms with Crippen LogP contribution >= 0.6 is 0 Å². The van der Waals surface area contributed by atoms with Crippen molar-refractivity contribution < 1.29 is 9.53 Å². The van der Waals surface area contributed by atoms with Crippen LogP contribution in [-0.2, 0) is 9.53 Å². The van der Waals surface area contributed by atoms with Crippen LogP contribution in [0.25, 0.3) is 0 Å². The molecule has 62 valence electrons. The number of ketones is 1. The molecule has 0 bridgehead atoms. The van der Waals surface area contributed by atoms with E-state index < -0.39 is 0 Å². The van der Waals surface area contributed by atoms with Crippen LogP contribution in [0.1, 0.15) is 19.8 Å². The molecule has 0 aromatic heterocycles. The maximum atomic E-state index is 11.3. The van der Waals surface area contributed by atoms with Gasteiger partial charge in [0.05, 0.1) is 6.61 Å². The van der Waals surface area contributed by atoms with E-state index in [2.05, 4.69) is 6.58 Å². The van der Waals surface area contributed by atoms with Crippen molar-refractivity contribution in [2.75, 3.05) is 13.2 Å². The Bertz CT molecular complexity index is 166. The molecule has 1 saturated heterocycles. The minimum Gasteiger partial charge on any atom is -0.381 e. The lowest BCUT2D eigenvalue weighted by molar-refractivity contribution is -0.122. The molecule has 1 unspecified atom stereocenters. The third-order valence-electron chi connectivity index (χ3n) is 1.86. The van der Waals surface area contributed by atoms with Crippen LogP contribution in [0.15, 0.2) is 12.2 Å². The molecule has 1 fully saturated rings. The minimum atomic E-state index is 0.145. The largest absolute Gasteiger partial charge is 0.381 e. The first-order valence-electron chi connectivity index (χ1n) is 3.95. The maximum absolute atomic E-state index is 11.3. The smallest absolute Gasteiger partial charge is 0.142 e. The molecule has 0 aromatic rings. The Balaban J connectivity index is 2.34. The quantitative estimate of drug-likeness (QED) is 0.576. The van der Waals surface area contributed by atoms with Gasteiger partial charge in [0, 0.05) is 18.9 Å². The van der Waals surface area contributed by atoms with E-state index in [1.807, 2.05) is 6.92 Å². The normalized spacial score (nSPS) is 23.5. The van der Waals surface area contributed by atoms with E-state index in [1.54, 1.807) is 0 Å². The maximum Gasteiger partial charge on any atom is 0.142 e. The topological polar surface area (TPSA) is 26.3 Å². The van der Waals surface area contributed by atoms with Crippen LogP contribution in [0.5, 0.6) is 0 Å². The molecule has 0 amide bonds. The van der Waals surface area contributed by atoms with Crippen LogP contribution in [-0.4, -0.2) is 19.0 Å². The van der Waals surface area contributed by atoms with Crippen molar-refractivity contribution in [3.63, 3.8) is 0 Å². The van der Waals surface area contributed by atoms with Gasteiger partial charge in [0.2, 0.25) is 0 Å². The predicted octanol–water partition coefficient (Wildman–Crippen LogP) is 1.56. The van der Waals surface area contributed by atoms with Crippen molar-refractivity contribution >= 4 is 5.78 Å². The highest BCUT2D eigenvalue weighted by Crippen LogP contribution is 2.16. The molecule has 0 saturated carbocycles. The molecule has 1 rings (SSSR count). The standard InChI is InChI=1S/C9H14O2/c1-7(2)5-9(10)8-3-4-11-6-8/h8H,1,3-6H2,2H3. The summed E-state index contributed by atoms with van der Waals surface area (Å²) >= 11 is 0. The molecule has 0 N–H and O–H groups in total. The van der Waals surface area contributed by atoms with Gasteiger partial charge in [0.1, 0.15) is 5.78 Å². The van der Waals surface area contributed by atoms with E-state index in [-0.39, 0.29) is 11.7 Å². The van der Waals surface area contributed by atoms with Gasteiger partial charge in [-0.3, -0.25) is 4.79 Å². The van der Waals surface area contributed by atoms with Gasteiger partial charge in [-0.05, 0) is 13.3 Å². The highest BCUT2D eigenvalue weighted by Gasteiger charge is 2.22. The minimum absolute atomic E-state index is 0.145. The molecular formula is C9H14O2. The van der Waals surface area contributed by atoms with Crippen molar-refractivity contribution in [2.45, 2.75) is 19.8 Å². The van der Waals surface area contributed by atoms with Gasteiger partial charge in [-0.1, -0.05) is 12.2 Å². The predicted molar refractivity (Wildman–Crippen MR) is 43.4 cm³/mol. The second kappa shape index (κ2) is 3.67. The lowest BCUT2D eigenvalue weighted by Gasteiger charge is -2.04. The van der Waals surface area contributed by atoms with E-state index in [0.717, 1.165) is 18.6 Å². The van der Waals surface area contributed by atoms with E-state index >= 15 is 0 Å². The van der Waals surface area contributed by atoms with Crippen molar-refractivity contribution in [3.05, 3.63) is 12.2 Å². The summed E-state index contributed by atoms with van der Waals surface area (Å²) in [6.45, 7) is 6.95. The zero-order valence-corrected chi connectivity index (χ0v) is 6.93. The van der Waals surface area contributed by atoms with Crippen molar-refractivity contribution in [2.24, 2.45) is 5.92 Å². The average Bonchev–Trinajstić information content (AvgIpc) is 2.35. The molecule has 2 nitrogen and oxygen atoms in total. The summed E-state index contributed by atoms with van der Waals surface area (Å²) in [5, 5.41) is 0. The summed E-state index contributed by atoms with van der Waals surface area (Å²) < 4.78 is 5.11. The Morgan fingerprint density at radius 2 is 2.45 bits per heavy atom. The van der Waals surface area contributed by atoms with Gasteiger partial charge in [-0.25, -0.2) is 0 Å². The van der Waals surface area contributed by atoms with Gasteiger partial charge < -0.3 is 4.74 Å². The van der Waals surface area contributed by atoms with E-state index in [4.69, 9.17) is 4.74 Å². The second-order valence-electron chi connectivity index (χ2n) is 3.16. The van der Waals surface area contributed by atoms with Crippen LogP contribution in [0.4, 0.5) is 0 Å². The highest BCUT2D eigenvalue weighted by atomic mass is 16.5. The summed E-state index contributed by atoms with van der Waals surface area (Å²) in [5.41, 5.74) is 0.946. The average molecular weight is 154 g/mol. The molecule has 2 heteroatoms. The Morgan fingerprint density at radius 3 is 2.91 bits per heavy atom. The van der Waals surface area contributed by atoms with Gasteiger partial charge in [-0.2, -0.15) is 0 Å². The van der Waals surface area contributed by atoms with Gasteiger partial charge in [0.15, 0.2) is 0 Å². The second-order valence-corrected chi connectivity index (χ2v) is 3.16. The van der Waals surface area contributed by atoms with E-state index in [9.17, 15) is 4.79 Å². The van der Waals surface area contributed by atoms with Crippen molar-refractivity contribution in [3.8, 4) is 0 Å². The van der Waals surface area contributed by atoms with Crippen molar-refractivity contribution in [1.29, 1.82) is 0 Å². The number of hydrogen-bond donors (Lipinski definition) is 0. The number of rotatable bonds is 3. The van der Waals surface area contributed by atoms with Gasteiger partial charge in [0.25, 0.3) is 0 Å². The van der Waals surface area contributed by atoms with Gasteiger partial charge >= 0.3 is 0 Å². The summed E-state index contributed by atoms with van der Waals surface area (Å²) in [4.78, 5) is 11.3. The fourth-order valence-corrected chi connectivity index (χ4v) is 1.23. The first-order valence-corrected chi connectivity index (χ1v) is 3.95. The molecule has 1 heterocycles. The summed E-state index contributed by atoms with van der Waals surface area (Å²) in [7, 11) is 0. The van der Waals surface area contributed by atoms with Crippen LogP contribution in [0, 0.1) is 5.92 Å². The zero-order chi connectivity index (χ0) is 8.27. The van der Waals surface area contributed by atoms with Gasteiger partial charge in [-0.15, -0.1) is 0 Å². The molecule has 0 radical (unpaired) electrons. The van der Waals surface area contributed by atoms with Crippen LogP contribution in [0.3, 0.4) is 0 Å². The van der Waals surface area contributed by atoms with E-state index in [0.29, 0.717) is 13.0 Å². The first kappa shape index (κ1) is 8.47. The fourth-order valence-electron chi connectivity index (χ4n) is 1.23. The Hall–Kier alpha value is -0.630. The summed E-state index contributed by atoms with van der Waals surface area (Å²) in [6.07, 6.45) is 1.42.